The van der Waals surface area contributed by atoms with Crippen LogP contribution in [0.25, 0.3) is 11.1 Å². The fraction of sp³-hybridized carbons (Fsp3) is 0.368. The Labute approximate surface area is 149 Å². The van der Waals surface area contributed by atoms with Gasteiger partial charge in [0.1, 0.15) is 5.52 Å². The first kappa shape index (κ1) is 15.3. The van der Waals surface area contributed by atoms with Gasteiger partial charge in [-0.1, -0.05) is 12.1 Å². The first-order valence-electron chi connectivity index (χ1n) is 8.84. The van der Waals surface area contributed by atoms with Crippen molar-refractivity contribution >= 4 is 22.6 Å². The van der Waals surface area contributed by atoms with E-state index in [1.165, 1.54) is 0 Å². The summed E-state index contributed by atoms with van der Waals surface area (Å²) in [6.45, 7) is 3.39. The maximum absolute atomic E-state index is 11.4. The number of hydrogen-bond acceptors (Lipinski definition) is 6. The number of benzene rings is 1. The SMILES string of the molecule is Cc1ccc([N+](=O)[O-])c(N2CCC3C(C2)C3c2nc3ccccc3o2)n1. The zero-order valence-corrected chi connectivity index (χ0v) is 14.3. The molecule has 132 valence electrons. The van der Waals surface area contributed by atoms with Gasteiger partial charge < -0.3 is 9.32 Å². The number of pyridine rings is 1. The van der Waals surface area contributed by atoms with Crippen LogP contribution in [0.4, 0.5) is 11.5 Å². The van der Waals surface area contributed by atoms with E-state index < -0.39 is 0 Å². The summed E-state index contributed by atoms with van der Waals surface area (Å²) < 4.78 is 5.95. The van der Waals surface area contributed by atoms with E-state index >= 15 is 0 Å². The zero-order chi connectivity index (χ0) is 17.8. The van der Waals surface area contributed by atoms with Gasteiger partial charge in [-0.3, -0.25) is 10.1 Å². The predicted molar refractivity (Wildman–Crippen MR) is 96.2 cm³/mol. The number of para-hydroxylation sites is 2. The largest absolute Gasteiger partial charge is 0.440 e. The highest BCUT2D eigenvalue weighted by Gasteiger charge is 2.56. The Morgan fingerprint density at radius 2 is 2.04 bits per heavy atom. The van der Waals surface area contributed by atoms with Crippen LogP contribution in [0.15, 0.2) is 40.8 Å². The van der Waals surface area contributed by atoms with E-state index in [1.54, 1.807) is 12.1 Å². The number of aromatic nitrogens is 2. The van der Waals surface area contributed by atoms with Crippen LogP contribution >= 0.6 is 0 Å². The molecule has 2 fully saturated rings. The Kier molecular flexibility index (Phi) is 3.25. The molecule has 5 rings (SSSR count). The molecular weight excluding hydrogens is 332 g/mol. The summed E-state index contributed by atoms with van der Waals surface area (Å²) in [5, 5.41) is 11.4. The number of nitrogens with zero attached hydrogens (tertiary/aromatic N) is 4. The highest BCUT2D eigenvalue weighted by Crippen LogP contribution is 2.58. The minimum Gasteiger partial charge on any atom is -0.440 e. The molecule has 1 aliphatic carbocycles. The van der Waals surface area contributed by atoms with Crippen molar-refractivity contribution in [3.05, 3.63) is 58.1 Å². The molecule has 0 amide bonds. The second kappa shape index (κ2) is 5.52. The number of aryl methyl sites for hydroxylation is 1. The van der Waals surface area contributed by atoms with Gasteiger partial charge in [0, 0.05) is 30.8 Å². The summed E-state index contributed by atoms with van der Waals surface area (Å²) in [6.07, 6.45) is 0.973. The molecule has 26 heavy (non-hydrogen) atoms. The zero-order valence-electron chi connectivity index (χ0n) is 14.3. The van der Waals surface area contributed by atoms with E-state index in [9.17, 15) is 10.1 Å². The summed E-state index contributed by atoms with van der Waals surface area (Å²) >= 11 is 0. The first-order valence-corrected chi connectivity index (χ1v) is 8.84. The van der Waals surface area contributed by atoms with E-state index in [4.69, 9.17) is 4.42 Å². The van der Waals surface area contributed by atoms with Crippen molar-refractivity contribution in [2.45, 2.75) is 19.3 Å². The number of piperidine rings is 1. The van der Waals surface area contributed by atoms with Crippen LogP contribution < -0.4 is 4.90 Å². The van der Waals surface area contributed by atoms with E-state index in [0.29, 0.717) is 23.6 Å². The summed E-state index contributed by atoms with van der Waals surface area (Å²) in [7, 11) is 0. The van der Waals surface area contributed by atoms with Crippen molar-refractivity contribution < 1.29 is 9.34 Å². The maximum Gasteiger partial charge on any atom is 0.311 e. The van der Waals surface area contributed by atoms with Gasteiger partial charge in [0.25, 0.3) is 0 Å². The quantitative estimate of drug-likeness (QED) is 0.529. The maximum atomic E-state index is 11.4. The summed E-state index contributed by atoms with van der Waals surface area (Å²) in [4.78, 5) is 22.2. The van der Waals surface area contributed by atoms with Gasteiger partial charge in [-0.15, -0.1) is 0 Å². The third-order valence-corrected chi connectivity index (χ3v) is 5.58. The predicted octanol–water partition coefficient (Wildman–Crippen LogP) is 3.68. The molecule has 1 saturated heterocycles. The molecule has 7 heteroatoms. The molecule has 1 aliphatic heterocycles. The van der Waals surface area contributed by atoms with Gasteiger partial charge in [0.05, 0.1) is 4.92 Å². The van der Waals surface area contributed by atoms with Gasteiger partial charge >= 0.3 is 5.69 Å². The normalized spacial score (nSPS) is 24.5. The third-order valence-electron chi connectivity index (χ3n) is 5.58. The van der Waals surface area contributed by atoms with Crippen LogP contribution in [0, 0.1) is 28.9 Å². The second-order valence-corrected chi connectivity index (χ2v) is 7.16. The van der Waals surface area contributed by atoms with Crippen molar-refractivity contribution in [3.63, 3.8) is 0 Å². The number of anilines is 1. The minimum atomic E-state index is -0.348. The Morgan fingerprint density at radius 3 is 2.85 bits per heavy atom. The summed E-state index contributed by atoms with van der Waals surface area (Å²) in [5.41, 5.74) is 2.57. The molecule has 7 nitrogen and oxygen atoms in total. The Bertz CT molecular complexity index is 982. The molecule has 3 unspecified atom stereocenters. The number of rotatable bonds is 3. The average Bonchev–Trinajstić information content (AvgIpc) is 3.20. The lowest BCUT2D eigenvalue weighted by Gasteiger charge is -2.27. The molecule has 0 spiro atoms. The van der Waals surface area contributed by atoms with Crippen molar-refractivity contribution in [1.82, 2.24) is 9.97 Å². The number of oxazole rings is 1. The fourth-order valence-electron chi connectivity index (χ4n) is 4.24. The van der Waals surface area contributed by atoms with Gasteiger partial charge in [-0.25, -0.2) is 9.97 Å². The lowest BCUT2D eigenvalue weighted by Crippen LogP contribution is -2.32. The minimum absolute atomic E-state index is 0.0770. The molecule has 0 N–H and O–H groups in total. The molecule has 2 aliphatic rings. The standard InChI is InChI=1S/C19H18N4O3/c1-11-6-7-15(23(24)25)18(20-11)22-9-8-12-13(10-22)17(12)19-21-14-4-2-3-5-16(14)26-19/h2-7,12-13,17H,8-10H2,1H3. The van der Waals surface area contributed by atoms with Crippen molar-refractivity contribution in [2.24, 2.45) is 11.8 Å². The average molecular weight is 350 g/mol. The number of nitro groups is 1. The lowest BCUT2D eigenvalue weighted by atomic mass is 10.1. The van der Waals surface area contributed by atoms with Gasteiger partial charge in [0.2, 0.25) is 5.82 Å². The summed E-state index contributed by atoms with van der Waals surface area (Å²) in [5.74, 6) is 2.55. The van der Waals surface area contributed by atoms with Crippen LogP contribution in [0.1, 0.15) is 23.9 Å². The molecule has 1 aromatic carbocycles. The van der Waals surface area contributed by atoms with Gasteiger partial charge in [0.15, 0.2) is 11.5 Å². The van der Waals surface area contributed by atoms with Crippen molar-refractivity contribution in [2.75, 3.05) is 18.0 Å². The number of hydrogen-bond donors (Lipinski definition) is 0. The molecule has 3 heterocycles. The smallest absolute Gasteiger partial charge is 0.311 e. The van der Waals surface area contributed by atoms with E-state index in [1.807, 2.05) is 31.2 Å². The molecule has 0 bridgehead atoms. The van der Waals surface area contributed by atoms with Crippen molar-refractivity contribution in [3.8, 4) is 0 Å². The Balaban J connectivity index is 1.41. The van der Waals surface area contributed by atoms with Crippen LogP contribution in [-0.4, -0.2) is 28.0 Å². The van der Waals surface area contributed by atoms with Crippen LogP contribution in [0.3, 0.4) is 0 Å². The summed E-state index contributed by atoms with van der Waals surface area (Å²) in [6, 6.07) is 11.0. The van der Waals surface area contributed by atoms with E-state index in [2.05, 4.69) is 14.9 Å². The van der Waals surface area contributed by atoms with Crippen LogP contribution in [-0.2, 0) is 0 Å². The van der Waals surface area contributed by atoms with Crippen molar-refractivity contribution in [1.29, 1.82) is 0 Å². The van der Waals surface area contributed by atoms with Crippen LogP contribution in [0.2, 0.25) is 0 Å². The van der Waals surface area contributed by atoms with E-state index in [0.717, 1.165) is 42.2 Å². The van der Waals surface area contributed by atoms with E-state index in [-0.39, 0.29) is 10.6 Å². The molecule has 3 atom stereocenters. The molecule has 3 aromatic rings. The fourth-order valence-corrected chi connectivity index (χ4v) is 4.24. The molecule has 2 aromatic heterocycles. The van der Waals surface area contributed by atoms with Crippen LogP contribution in [0.5, 0.6) is 0 Å². The Morgan fingerprint density at radius 1 is 1.19 bits per heavy atom. The number of fused-ring (bicyclic) bond motifs is 2. The Hall–Kier alpha value is -2.96. The highest BCUT2D eigenvalue weighted by atomic mass is 16.6. The monoisotopic (exact) mass is 350 g/mol. The highest BCUT2D eigenvalue weighted by molar-refractivity contribution is 5.72. The molecule has 1 saturated carbocycles. The molecule has 0 radical (unpaired) electrons. The van der Waals surface area contributed by atoms with Gasteiger partial charge in [-0.2, -0.15) is 0 Å². The molecular formula is C19H18N4O3. The second-order valence-electron chi connectivity index (χ2n) is 7.16. The first-order chi connectivity index (χ1) is 12.6. The third kappa shape index (κ3) is 2.34. The van der Waals surface area contributed by atoms with Gasteiger partial charge in [-0.05, 0) is 43.4 Å². The lowest BCUT2D eigenvalue weighted by molar-refractivity contribution is -0.384. The topological polar surface area (TPSA) is 85.3 Å².